The molecule has 1 aromatic carbocycles. The maximum absolute atomic E-state index is 14.7. The van der Waals surface area contributed by atoms with Gasteiger partial charge in [-0.1, -0.05) is 40.3 Å². The molecule has 36 heavy (non-hydrogen) atoms. The number of aromatic amines is 1. The quantitative estimate of drug-likeness (QED) is 0.146. The van der Waals surface area contributed by atoms with Gasteiger partial charge >= 0.3 is 0 Å². The number of hydrogen-bond donors (Lipinski definition) is 3. The fraction of sp³-hybridized carbons (Fsp3) is 0.304. The van der Waals surface area contributed by atoms with Crippen LogP contribution in [0.1, 0.15) is 18.4 Å². The van der Waals surface area contributed by atoms with E-state index in [2.05, 4.69) is 20.3 Å². The largest absolute Gasteiger partial charge is 0.383 e. The van der Waals surface area contributed by atoms with Crippen LogP contribution in [0.25, 0.3) is 11.0 Å². The van der Waals surface area contributed by atoms with Crippen LogP contribution in [0, 0.1) is 11.7 Å². The summed E-state index contributed by atoms with van der Waals surface area (Å²) < 4.78 is 55.7. The molecule has 8 nitrogen and oxygen atoms in total. The number of alkyl halides is 1. The van der Waals surface area contributed by atoms with Crippen molar-refractivity contribution in [2.75, 3.05) is 24.1 Å². The summed E-state index contributed by atoms with van der Waals surface area (Å²) in [6.07, 6.45) is 4.50. The lowest BCUT2D eigenvalue weighted by atomic mass is 10.00. The van der Waals surface area contributed by atoms with Crippen LogP contribution >= 0.6 is 34.2 Å². The number of hydrogen-bond acceptors (Lipinski definition) is 5. The van der Waals surface area contributed by atoms with E-state index in [4.69, 9.17) is 17.3 Å². The van der Waals surface area contributed by atoms with Gasteiger partial charge in [-0.2, -0.15) is 4.31 Å². The van der Waals surface area contributed by atoms with Gasteiger partial charge in [-0.15, -0.1) is 0 Å². The third kappa shape index (κ3) is 5.98. The molecule has 3 heterocycles. The van der Waals surface area contributed by atoms with Crippen LogP contribution in [-0.2, 0) is 10.0 Å². The van der Waals surface area contributed by atoms with Crippen LogP contribution in [0.2, 0.25) is 5.02 Å². The number of allylic oxidation sites excluding steroid dienone is 1. The number of nitrogens with zero attached hydrogens (tertiary/aromatic N) is 3. The molecule has 2 aromatic heterocycles. The molecule has 13 heteroatoms. The summed E-state index contributed by atoms with van der Waals surface area (Å²) in [5.74, 6) is -1.15. The third-order valence-corrected chi connectivity index (χ3v) is 8.59. The molecule has 4 N–H and O–H groups in total. The number of H-pyrrole nitrogens is 1. The van der Waals surface area contributed by atoms with Crippen LogP contribution in [0.5, 0.6) is 0 Å². The van der Waals surface area contributed by atoms with Crippen LogP contribution in [0.3, 0.4) is 0 Å². The van der Waals surface area contributed by atoms with Gasteiger partial charge < -0.3 is 16.0 Å². The number of fused-ring (bicyclic) bond motifs is 1. The number of aliphatic imine (C=N–C) groups is 1. The van der Waals surface area contributed by atoms with Gasteiger partial charge in [0, 0.05) is 43.0 Å². The predicted molar refractivity (Wildman–Crippen MR) is 145 cm³/mol. The van der Waals surface area contributed by atoms with Crippen LogP contribution in [-0.4, -0.2) is 52.6 Å². The van der Waals surface area contributed by atoms with Crippen molar-refractivity contribution in [2.45, 2.75) is 17.7 Å². The Bertz CT molecular complexity index is 1430. The fourth-order valence-electron chi connectivity index (χ4n) is 4.06. The second kappa shape index (κ2) is 11.4. The minimum absolute atomic E-state index is 0.0173. The molecule has 1 aliphatic heterocycles. The van der Waals surface area contributed by atoms with Crippen molar-refractivity contribution in [3.8, 4) is 0 Å². The van der Waals surface area contributed by atoms with E-state index in [1.54, 1.807) is 12.3 Å². The van der Waals surface area contributed by atoms with Gasteiger partial charge in [-0.25, -0.2) is 27.2 Å². The average molecular weight is 649 g/mol. The molecule has 1 fully saturated rings. The fourth-order valence-corrected chi connectivity index (χ4v) is 6.17. The highest BCUT2D eigenvalue weighted by atomic mass is 127. The van der Waals surface area contributed by atoms with Crippen molar-refractivity contribution in [3.05, 3.63) is 70.8 Å². The Kier molecular flexibility index (Phi) is 8.48. The Hall–Kier alpha value is -2.29. The van der Waals surface area contributed by atoms with Crippen molar-refractivity contribution < 1.29 is 17.2 Å². The number of pyridine rings is 1. The zero-order chi connectivity index (χ0) is 25.9. The Morgan fingerprint density at radius 3 is 2.94 bits per heavy atom. The van der Waals surface area contributed by atoms with E-state index in [9.17, 15) is 17.2 Å². The van der Waals surface area contributed by atoms with Crippen molar-refractivity contribution in [1.29, 1.82) is 0 Å². The monoisotopic (exact) mass is 648 g/mol. The summed E-state index contributed by atoms with van der Waals surface area (Å²) in [4.78, 5) is 11.4. The summed E-state index contributed by atoms with van der Waals surface area (Å²) >= 11 is 7.94. The highest BCUT2D eigenvalue weighted by molar-refractivity contribution is 14.1. The van der Waals surface area contributed by atoms with E-state index in [1.807, 2.05) is 22.6 Å². The highest BCUT2D eigenvalue weighted by Crippen LogP contribution is 2.25. The first kappa shape index (κ1) is 26.8. The van der Waals surface area contributed by atoms with Gasteiger partial charge in [0.05, 0.1) is 14.3 Å². The molecule has 1 unspecified atom stereocenters. The molecular weight excluding hydrogens is 625 g/mol. The summed E-state index contributed by atoms with van der Waals surface area (Å²) in [5, 5.41) is 4.10. The molecule has 4 rings (SSSR count). The number of rotatable bonds is 8. The van der Waals surface area contributed by atoms with Gasteiger partial charge in [0.2, 0.25) is 10.0 Å². The van der Waals surface area contributed by atoms with E-state index in [0.717, 1.165) is 12.5 Å². The van der Waals surface area contributed by atoms with Gasteiger partial charge in [0.1, 0.15) is 17.3 Å². The Morgan fingerprint density at radius 2 is 2.19 bits per heavy atom. The summed E-state index contributed by atoms with van der Waals surface area (Å²) in [6.45, 7) is 0.839. The molecule has 0 aliphatic carbocycles. The molecule has 0 amide bonds. The molecule has 0 saturated carbocycles. The minimum Gasteiger partial charge on any atom is -0.383 e. The lowest BCUT2D eigenvalue weighted by Gasteiger charge is -2.32. The molecule has 1 saturated heterocycles. The van der Waals surface area contributed by atoms with Crippen LogP contribution < -0.4 is 11.1 Å². The number of aromatic nitrogens is 2. The predicted octanol–water partition coefficient (Wildman–Crippen LogP) is 4.32. The minimum atomic E-state index is -3.84. The van der Waals surface area contributed by atoms with E-state index in [0.29, 0.717) is 34.6 Å². The van der Waals surface area contributed by atoms with Gasteiger partial charge in [0.25, 0.3) is 0 Å². The molecule has 0 spiro atoms. The summed E-state index contributed by atoms with van der Waals surface area (Å²) in [5.41, 5.74) is 7.32. The van der Waals surface area contributed by atoms with E-state index >= 15 is 0 Å². The van der Waals surface area contributed by atoms with Crippen molar-refractivity contribution in [2.24, 2.45) is 16.6 Å². The van der Waals surface area contributed by atoms with Crippen LogP contribution in [0.15, 0.2) is 64.3 Å². The van der Waals surface area contributed by atoms with Gasteiger partial charge in [0.15, 0.2) is 11.6 Å². The highest BCUT2D eigenvalue weighted by Gasteiger charge is 2.30. The van der Waals surface area contributed by atoms with Gasteiger partial charge in [-0.3, -0.25) is 0 Å². The number of piperidine rings is 1. The Morgan fingerprint density at radius 1 is 1.39 bits per heavy atom. The smallest absolute Gasteiger partial charge is 0.243 e. The normalized spacial score (nSPS) is 18.3. The molecule has 192 valence electrons. The molecule has 3 aromatic rings. The van der Waals surface area contributed by atoms with Crippen LogP contribution in [0.4, 0.5) is 8.78 Å². The second-order valence-electron chi connectivity index (χ2n) is 8.35. The first-order valence-electron chi connectivity index (χ1n) is 11.1. The third-order valence-electron chi connectivity index (χ3n) is 5.85. The van der Waals surface area contributed by atoms with Crippen molar-refractivity contribution in [3.63, 3.8) is 0 Å². The van der Waals surface area contributed by atoms with Crippen molar-refractivity contribution >= 4 is 61.1 Å². The average Bonchev–Trinajstić information content (AvgIpc) is 3.29. The molecule has 0 radical (unpaired) electrons. The second-order valence-corrected chi connectivity index (χ2v) is 11.5. The molecule has 0 bridgehead atoms. The first-order valence-corrected chi connectivity index (χ1v) is 14.4. The lowest BCUT2D eigenvalue weighted by Crippen LogP contribution is -2.42. The Balaban J connectivity index is 1.50. The van der Waals surface area contributed by atoms with Crippen molar-refractivity contribution in [1.82, 2.24) is 19.6 Å². The number of amidine groups is 1. The van der Waals surface area contributed by atoms with E-state index < -0.39 is 21.7 Å². The molecule has 1 aliphatic rings. The zero-order valence-electron chi connectivity index (χ0n) is 19.0. The zero-order valence-corrected chi connectivity index (χ0v) is 22.7. The number of nitrogens with one attached hydrogen (secondary N) is 2. The number of halogens is 4. The lowest BCUT2D eigenvalue weighted by molar-refractivity contribution is 0.263. The maximum atomic E-state index is 14.7. The summed E-state index contributed by atoms with van der Waals surface area (Å²) in [6, 6.07) is 6.65. The topological polar surface area (TPSA) is 116 Å². The molecule has 1 atom stereocenters. The SMILES string of the molecule is N/C(=N\C(NCC1CCCN(S(=O)(=O)c2cccc(F)c2)C1)=C(\F)CI)c1c[nH]c2ncc(Cl)cc12. The number of benzene rings is 1. The maximum Gasteiger partial charge on any atom is 0.243 e. The number of sulfonamides is 1. The van der Waals surface area contributed by atoms with E-state index in [-0.39, 0.29) is 40.0 Å². The number of nitrogens with two attached hydrogens (primary N) is 1. The Labute approximate surface area is 226 Å². The molecular formula is C23H24ClF2IN6O2S. The summed E-state index contributed by atoms with van der Waals surface area (Å²) in [7, 11) is -3.84. The van der Waals surface area contributed by atoms with E-state index in [1.165, 1.54) is 28.7 Å². The standard InChI is InChI=1S/C23H24ClF2IN6O2S/c24-15-7-18-19(12-31-22(18)30-11-15)21(28)32-23(20(26)9-27)29-10-14-3-2-6-33(13-14)36(34,35)17-5-1-4-16(25)8-17/h1,4-5,7-8,11-12,14,29H,2-3,6,9-10,13H2,(H2,28,32)(H,30,31)/b23-20+. The van der Waals surface area contributed by atoms with Gasteiger partial charge in [-0.05, 0) is 43.0 Å². The first-order chi connectivity index (χ1) is 17.2.